The molecule has 0 aliphatic heterocycles. The number of nitrogens with two attached hydrogens (primary N) is 1. The Bertz CT molecular complexity index is 376. The molecule has 0 bridgehead atoms. The molecule has 5 heteroatoms. The van der Waals surface area contributed by atoms with Crippen molar-refractivity contribution in [2.24, 2.45) is 5.73 Å². The smallest absolute Gasteiger partial charge is 0.0886 e. The van der Waals surface area contributed by atoms with Crippen LogP contribution in [-0.4, -0.2) is 17.0 Å². The Hall–Kier alpha value is -0.670. The Labute approximate surface area is 90.3 Å². The third-order valence-corrected chi connectivity index (χ3v) is 2.93. The molecule has 0 aromatic carbocycles. The van der Waals surface area contributed by atoms with Crippen LogP contribution in [0, 0.1) is 11.8 Å². The highest BCUT2D eigenvalue weighted by Gasteiger charge is 1.97. The van der Waals surface area contributed by atoms with Crippen LogP contribution in [-0.2, 0) is 17.5 Å². The van der Waals surface area contributed by atoms with Crippen molar-refractivity contribution in [3.05, 3.63) is 21.9 Å². The Balaban J connectivity index is 2.55. The van der Waals surface area contributed by atoms with Gasteiger partial charge in [0.15, 0.2) is 0 Å². The fraction of sp³-hybridized carbons (Fsp3) is 0.333. The minimum Gasteiger partial charge on any atom is -0.320 e. The molecule has 1 aromatic heterocycles. The highest BCUT2D eigenvalue weighted by atomic mass is 32.2. The van der Waals surface area contributed by atoms with Gasteiger partial charge in [-0.1, -0.05) is 11.8 Å². The van der Waals surface area contributed by atoms with Gasteiger partial charge in [-0.15, -0.1) is 11.3 Å². The van der Waals surface area contributed by atoms with Crippen LogP contribution in [0.25, 0.3) is 0 Å². The summed E-state index contributed by atoms with van der Waals surface area (Å²) in [6.07, 6.45) is 1.61. The van der Waals surface area contributed by atoms with Crippen molar-refractivity contribution in [2.75, 3.05) is 12.8 Å². The molecule has 76 valence electrons. The topological polar surface area (TPSA) is 55.1 Å². The van der Waals surface area contributed by atoms with Crippen LogP contribution in [0.15, 0.2) is 11.4 Å². The van der Waals surface area contributed by atoms with Gasteiger partial charge in [0.2, 0.25) is 0 Å². The molecule has 0 amide bonds. The largest absolute Gasteiger partial charge is 0.320 e. The zero-order chi connectivity index (χ0) is 10.4. The SMILES string of the molecule is CS(=O)NCc1cc(C#CCN)cs1. The first-order chi connectivity index (χ1) is 6.72. The molecule has 14 heavy (non-hydrogen) atoms. The number of hydrogen-bond donors (Lipinski definition) is 2. The summed E-state index contributed by atoms with van der Waals surface area (Å²) in [5.41, 5.74) is 6.23. The van der Waals surface area contributed by atoms with Gasteiger partial charge in [-0.3, -0.25) is 0 Å². The number of nitrogens with one attached hydrogen (secondary N) is 1. The fourth-order valence-electron chi connectivity index (χ4n) is 0.865. The van der Waals surface area contributed by atoms with Gasteiger partial charge >= 0.3 is 0 Å². The van der Waals surface area contributed by atoms with Crippen LogP contribution >= 0.6 is 11.3 Å². The quantitative estimate of drug-likeness (QED) is 0.738. The zero-order valence-electron chi connectivity index (χ0n) is 7.87. The summed E-state index contributed by atoms with van der Waals surface area (Å²) in [6, 6.07) is 1.98. The maximum Gasteiger partial charge on any atom is 0.0886 e. The third-order valence-electron chi connectivity index (χ3n) is 1.44. The molecule has 1 heterocycles. The van der Waals surface area contributed by atoms with Crippen LogP contribution in [0.2, 0.25) is 0 Å². The monoisotopic (exact) mass is 228 g/mol. The van der Waals surface area contributed by atoms with Crippen molar-refractivity contribution >= 4 is 22.3 Å². The van der Waals surface area contributed by atoms with Gasteiger partial charge in [0.1, 0.15) is 0 Å². The van der Waals surface area contributed by atoms with E-state index in [1.807, 2.05) is 11.4 Å². The van der Waals surface area contributed by atoms with E-state index in [0.717, 1.165) is 10.4 Å². The minimum absolute atomic E-state index is 0.377. The van der Waals surface area contributed by atoms with E-state index in [1.54, 1.807) is 17.6 Å². The summed E-state index contributed by atoms with van der Waals surface area (Å²) in [4.78, 5) is 1.13. The summed E-state index contributed by atoms with van der Waals surface area (Å²) in [7, 11) is -0.962. The van der Waals surface area contributed by atoms with Crippen molar-refractivity contribution in [1.29, 1.82) is 0 Å². The van der Waals surface area contributed by atoms with E-state index < -0.39 is 11.0 Å². The maximum absolute atomic E-state index is 10.8. The number of rotatable bonds is 3. The lowest BCUT2D eigenvalue weighted by molar-refractivity contribution is 0.676. The maximum atomic E-state index is 10.8. The van der Waals surface area contributed by atoms with Crippen molar-refractivity contribution in [1.82, 2.24) is 4.72 Å². The van der Waals surface area contributed by atoms with Crippen molar-refractivity contribution < 1.29 is 4.21 Å². The molecule has 1 rings (SSSR count). The second-order valence-electron chi connectivity index (χ2n) is 2.58. The summed E-state index contributed by atoms with van der Waals surface area (Å²) < 4.78 is 13.6. The lowest BCUT2D eigenvalue weighted by Crippen LogP contribution is -2.13. The van der Waals surface area contributed by atoms with Crippen LogP contribution in [0.3, 0.4) is 0 Å². The minimum atomic E-state index is -0.962. The standard InChI is InChI=1S/C9H12N2OS2/c1-14(12)11-6-9-5-8(7-13-9)3-2-4-10/h5,7,11H,4,6,10H2,1H3. The molecule has 0 saturated heterocycles. The van der Waals surface area contributed by atoms with E-state index >= 15 is 0 Å². The van der Waals surface area contributed by atoms with E-state index in [-0.39, 0.29) is 0 Å². The van der Waals surface area contributed by atoms with Gasteiger partial charge in [0, 0.05) is 28.6 Å². The zero-order valence-corrected chi connectivity index (χ0v) is 9.50. The Morgan fingerprint density at radius 2 is 2.50 bits per heavy atom. The molecule has 3 N–H and O–H groups in total. The molecule has 0 radical (unpaired) electrons. The summed E-state index contributed by atoms with van der Waals surface area (Å²) >= 11 is 1.60. The van der Waals surface area contributed by atoms with Crippen LogP contribution in [0.4, 0.5) is 0 Å². The molecule has 1 atom stereocenters. The van der Waals surface area contributed by atoms with Gasteiger partial charge in [-0.05, 0) is 6.07 Å². The Morgan fingerprint density at radius 1 is 1.71 bits per heavy atom. The van der Waals surface area contributed by atoms with E-state index in [1.165, 1.54) is 0 Å². The van der Waals surface area contributed by atoms with Gasteiger partial charge in [-0.2, -0.15) is 0 Å². The lowest BCUT2D eigenvalue weighted by Gasteiger charge is -1.95. The molecule has 0 aliphatic carbocycles. The summed E-state index contributed by atoms with van der Waals surface area (Å²) in [5.74, 6) is 5.73. The molecule has 3 nitrogen and oxygen atoms in total. The molecule has 0 saturated carbocycles. The van der Waals surface area contributed by atoms with Gasteiger partial charge in [0.05, 0.1) is 17.5 Å². The average molecular weight is 228 g/mol. The van der Waals surface area contributed by atoms with E-state index in [2.05, 4.69) is 16.6 Å². The highest BCUT2D eigenvalue weighted by molar-refractivity contribution is 7.82. The van der Waals surface area contributed by atoms with Crippen molar-refractivity contribution in [3.63, 3.8) is 0 Å². The summed E-state index contributed by atoms with van der Waals surface area (Å²) in [5, 5.41) is 1.97. The second kappa shape index (κ2) is 5.94. The third kappa shape index (κ3) is 4.03. The van der Waals surface area contributed by atoms with Crippen molar-refractivity contribution in [3.8, 4) is 11.8 Å². The number of hydrogen-bond acceptors (Lipinski definition) is 3. The molecule has 0 spiro atoms. The van der Waals surface area contributed by atoms with Crippen LogP contribution < -0.4 is 10.5 Å². The second-order valence-corrected chi connectivity index (χ2v) is 4.78. The van der Waals surface area contributed by atoms with Gasteiger partial charge < -0.3 is 5.73 Å². The first-order valence-electron chi connectivity index (χ1n) is 4.05. The Morgan fingerprint density at radius 3 is 3.14 bits per heavy atom. The lowest BCUT2D eigenvalue weighted by atomic mass is 10.3. The molecule has 0 fully saturated rings. The van der Waals surface area contributed by atoms with Crippen LogP contribution in [0.5, 0.6) is 0 Å². The molecule has 0 aliphatic rings. The van der Waals surface area contributed by atoms with E-state index in [4.69, 9.17) is 5.73 Å². The normalized spacial score (nSPS) is 11.9. The van der Waals surface area contributed by atoms with Gasteiger partial charge in [-0.25, -0.2) is 8.93 Å². The first-order valence-corrected chi connectivity index (χ1v) is 6.49. The Kier molecular flexibility index (Phi) is 4.84. The van der Waals surface area contributed by atoms with E-state index in [0.29, 0.717) is 13.1 Å². The van der Waals surface area contributed by atoms with Crippen LogP contribution in [0.1, 0.15) is 10.4 Å². The highest BCUT2D eigenvalue weighted by Crippen LogP contribution is 2.13. The van der Waals surface area contributed by atoms with Crippen molar-refractivity contribution in [2.45, 2.75) is 6.54 Å². The van der Waals surface area contributed by atoms with E-state index in [9.17, 15) is 4.21 Å². The predicted octanol–water partition coefficient (Wildman–Crippen LogP) is 0.441. The molecular formula is C9H12N2OS2. The summed E-state index contributed by atoms with van der Waals surface area (Å²) in [6.45, 7) is 1.00. The molecule has 1 aromatic rings. The predicted molar refractivity (Wildman–Crippen MR) is 61.2 cm³/mol. The number of thiophene rings is 1. The molecule has 1 unspecified atom stereocenters. The molecular weight excluding hydrogens is 216 g/mol. The van der Waals surface area contributed by atoms with Gasteiger partial charge in [0.25, 0.3) is 0 Å². The average Bonchev–Trinajstić information content (AvgIpc) is 2.59. The fourth-order valence-corrected chi connectivity index (χ4v) is 2.07. The first kappa shape index (κ1) is 11.4.